The van der Waals surface area contributed by atoms with Crippen molar-refractivity contribution in [1.82, 2.24) is 0 Å². The van der Waals surface area contributed by atoms with Crippen molar-refractivity contribution in [3.8, 4) is 0 Å². The van der Waals surface area contributed by atoms with Crippen LogP contribution in [0.5, 0.6) is 0 Å². The first-order valence-corrected chi connectivity index (χ1v) is 8.92. The average Bonchev–Trinajstić information content (AvgIpc) is 2.69. The summed E-state index contributed by atoms with van der Waals surface area (Å²) in [6, 6.07) is 3.34. The maximum absolute atomic E-state index is 13.5. The minimum atomic E-state index is -3.55. The van der Waals surface area contributed by atoms with Gasteiger partial charge in [-0.25, -0.2) is 12.8 Å². The highest BCUT2D eigenvalue weighted by molar-refractivity contribution is 7.92. The van der Waals surface area contributed by atoms with Crippen molar-refractivity contribution >= 4 is 21.7 Å². The lowest BCUT2D eigenvalue weighted by atomic mass is 9.93. The van der Waals surface area contributed by atoms with Gasteiger partial charge < -0.3 is 5.11 Å². The minimum absolute atomic E-state index is 0.00441. The highest BCUT2D eigenvalue weighted by atomic mass is 32.2. The molecule has 5 nitrogen and oxygen atoms in total. The number of carboxylic acids is 1. The van der Waals surface area contributed by atoms with E-state index in [1.165, 1.54) is 22.5 Å². The van der Waals surface area contributed by atoms with Crippen LogP contribution in [0.25, 0.3) is 0 Å². The van der Waals surface area contributed by atoms with Gasteiger partial charge in [-0.1, -0.05) is 13.3 Å². The number of benzene rings is 1. The molecule has 0 saturated heterocycles. The number of aliphatic carboxylic acids is 1. The van der Waals surface area contributed by atoms with Crippen molar-refractivity contribution in [2.75, 3.05) is 10.1 Å². The number of halogens is 1. The zero-order chi connectivity index (χ0) is 16.5. The van der Waals surface area contributed by atoms with Crippen molar-refractivity contribution in [2.24, 2.45) is 0 Å². The van der Waals surface area contributed by atoms with Crippen LogP contribution in [-0.4, -0.2) is 31.3 Å². The Hall–Kier alpha value is -1.63. The summed E-state index contributed by atoms with van der Waals surface area (Å²) in [6.07, 6.45) is 1.05. The number of rotatable bonds is 6. The number of carboxylic acid groups (broad SMARTS) is 1. The largest absolute Gasteiger partial charge is 0.481 e. The quantitative estimate of drug-likeness (QED) is 0.871. The van der Waals surface area contributed by atoms with Crippen LogP contribution in [0.4, 0.5) is 10.1 Å². The monoisotopic (exact) mass is 329 g/mol. The van der Waals surface area contributed by atoms with Crippen LogP contribution in [0.15, 0.2) is 18.2 Å². The van der Waals surface area contributed by atoms with E-state index in [4.69, 9.17) is 5.11 Å². The third-order valence-electron chi connectivity index (χ3n) is 4.03. The molecule has 2 unspecified atom stereocenters. The van der Waals surface area contributed by atoms with Crippen LogP contribution in [0, 0.1) is 5.82 Å². The molecule has 122 valence electrons. The Morgan fingerprint density at radius 1 is 1.41 bits per heavy atom. The Kier molecular flexibility index (Phi) is 4.75. The van der Waals surface area contributed by atoms with Crippen molar-refractivity contribution in [2.45, 2.75) is 45.1 Å². The van der Waals surface area contributed by atoms with Crippen LogP contribution < -0.4 is 4.31 Å². The molecule has 1 heterocycles. The lowest BCUT2D eigenvalue weighted by molar-refractivity contribution is -0.137. The molecule has 1 N–H and O–H groups in total. The van der Waals surface area contributed by atoms with Crippen molar-refractivity contribution in [3.63, 3.8) is 0 Å². The first-order chi connectivity index (χ1) is 10.3. The molecule has 0 bridgehead atoms. The number of anilines is 1. The van der Waals surface area contributed by atoms with Crippen LogP contribution in [-0.2, 0) is 14.8 Å². The smallest absolute Gasteiger partial charge is 0.304 e. The lowest BCUT2D eigenvalue weighted by Crippen LogP contribution is -2.39. The average molecular weight is 329 g/mol. The van der Waals surface area contributed by atoms with Gasteiger partial charge in [0.25, 0.3) is 0 Å². The van der Waals surface area contributed by atoms with Crippen molar-refractivity contribution in [1.29, 1.82) is 0 Å². The molecule has 1 aliphatic rings. The normalized spacial score (nSPS) is 21.0. The third kappa shape index (κ3) is 3.09. The van der Waals surface area contributed by atoms with Gasteiger partial charge in [-0.3, -0.25) is 9.10 Å². The summed E-state index contributed by atoms with van der Waals surface area (Å²) in [5.74, 6) is -2.06. The lowest BCUT2D eigenvalue weighted by Gasteiger charge is -2.26. The highest BCUT2D eigenvalue weighted by Crippen LogP contribution is 2.44. The number of sulfonamides is 1. The Morgan fingerprint density at radius 2 is 2.09 bits per heavy atom. The van der Waals surface area contributed by atoms with Gasteiger partial charge in [0.05, 0.1) is 17.9 Å². The Morgan fingerprint density at radius 3 is 2.68 bits per heavy atom. The number of hydrogen-bond acceptors (Lipinski definition) is 3. The second-order valence-corrected chi connectivity index (χ2v) is 7.58. The first-order valence-electron chi connectivity index (χ1n) is 7.31. The molecule has 0 saturated carbocycles. The van der Waals surface area contributed by atoms with Gasteiger partial charge in [0.15, 0.2) is 0 Å². The molecule has 1 aromatic carbocycles. The summed E-state index contributed by atoms with van der Waals surface area (Å²) in [7, 11) is -3.55. The molecule has 0 amide bonds. The summed E-state index contributed by atoms with van der Waals surface area (Å²) in [5, 5.41) is 9.06. The molecule has 22 heavy (non-hydrogen) atoms. The van der Waals surface area contributed by atoms with E-state index < -0.39 is 33.8 Å². The molecule has 1 aliphatic heterocycles. The van der Waals surface area contributed by atoms with Gasteiger partial charge in [0, 0.05) is 12.0 Å². The Labute approximate surface area is 129 Å². The summed E-state index contributed by atoms with van der Waals surface area (Å²) in [4.78, 5) is 11.1. The number of nitrogens with zero attached hydrogens (tertiary/aromatic N) is 1. The summed E-state index contributed by atoms with van der Waals surface area (Å²) >= 11 is 0. The fourth-order valence-corrected chi connectivity index (χ4v) is 4.93. The number of carbonyl (C=O) groups is 1. The van der Waals surface area contributed by atoms with E-state index in [0.717, 1.165) is 6.42 Å². The maximum atomic E-state index is 13.5. The molecule has 0 fully saturated rings. The van der Waals surface area contributed by atoms with Gasteiger partial charge >= 0.3 is 5.97 Å². The SMILES string of the molecule is CCCCS(=O)(=O)N1c2ccc(F)cc2C(CC(=O)O)C1C. The van der Waals surface area contributed by atoms with E-state index in [2.05, 4.69) is 0 Å². The predicted molar refractivity (Wildman–Crippen MR) is 82.0 cm³/mol. The fraction of sp³-hybridized carbons (Fsp3) is 0.533. The minimum Gasteiger partial charge on any atom is -0.481 e. The summed E-state index contributed by atoms with van der Waals surface area (Å²) < 4.78 is 39.9. The molecule has 7 heteroatoms. The highest BCUT2D eigenvalue weighted by Gasteiger charge is 2.42. The van der Waals surface area contributed by atoms with E-state index in [-0.39, 0.29) is 12.2 Å². The molecule has 2 atom stereocenters. The van der Waals surface area contributed by atoms with Gasteiger partial charge in [-0.15, -0.1) is 0 Å². The predicted octanol–water partition coefficient (Wildman–Crippen LogP) is 2.72. The van der Waals surface area contributed by atoms with Crippen LogP contribution in [0.1, 0.15) is 44.6 Å². The van der Waals surface area contributed by atoms with Crippen molar-refractivity contribution < 1.29 is 22.7 Å². The summed E-state index contributed by atoms with van der Waals surface area (Å²) in [6.45, 7) is 3.58. The van der Waals surface area contributed by atoms with Gasteiger partial charge in [-0.2, -0.15) is 0 Å². The molecule has 1 aromatic rings. The number of fused-ring (bicyclic) bond motifs is 1. The van der Waals surface area contributed by atoms with Crippen molar-refractivity contribution in [3.05, 3.63) is 29.6 Å². The van der Waals surface area contributed by atoms with E-state index in [1.54, 1.807) is 6.92 Å². The standard InChI is InChI=1S/C15H20FNO4S/c1-3-4-7-22(20,21)17-10(2)12(9-15(18)19)13-8-11(16)5-6-14(13)17/h5-6,8,10,12H,3-4,7,9H2,1-2H3,(H,18,19). The van der Waals surface area contributed by atoms with Gasteiger partial charge in [-0.05, 0) is 37.1 Å². The molecular weight excluding hydrogens is 309 g/mol. The molecule has 0 spiro atoms. The zero-order valence-corrected chi connectivity index (χ0v) is 13.4. The second kappa shape index (κ2) is 6.24. The molecule has 0 aliphatic carbocycles. The van der Waals surface area contributed by atoms with E-state index in [1.807, 2.05) is 6.92 Å². The number of hydrogen-bond donors (Lipinski definition) is 1. The first kappa shape index (κ1) is 16.7. The number of unbranched alkanes of at least 4 members (excludes halogenated alkanes) is 1. The zero-order valence-electron chi connectivity index (χ0n) is 12.6. The van der Waals surface area contributed by atoms with Gasteiger partial charge in [0.1, 0.15) is 5.82 Å². The molecule has 0 aromatic heterocycles. The van der Waals surface area contributed by atoms with E-state index in [9.17, 15) is 17.6 Å². The molecule has 2 rings (SSSR count). The van der Waals surface area contributed by atoms with E-state index >= 15 is 0 Å². The topological polar surface area (TPSA) is 74.7 Å². The molecular formula is C15H20FNO4S. The Balaban J connectivity index is 2.47. The van der Waals surface area contributed by atoms with Gasteiger partial charge in [0.2, 0.25) is 10.0 Å². The van der Waals surface area contributed by atoms with E-state index in [0.29, 0.717) is 17.7 Å². The second-order valence-electron chi connectivity index (χ2n) is 5.61. The third-order valence-corrected chi connectivity index (χ3v) is 5.96. The fourth-order valence-electron chi connectivity index (χ4n) is 2.96. The maximum Gasteiger partial charge on any atom is 0.304 e. The molecule has 0 radical (unpaired) electrons. The van der Waals surface area contributed by atoms with Crippen LogP contribution in [0.3, 0.4) is 0 Å². The van der Waals surface area contributed by atoms with Crippen LogP contribution in [0.2, 0.25) is 0 Å². The van der Waals surface area contributed by atoms with Crippen LogP contribution >= 0.6 is 0 Å². The summed E-state index contributed by atoms with van der Waals surface area (Å²) in [5.41, 5.74) is 0.853. The Bertz CT molecular complexity index is 674.